The standard InChI is InChI=1S/C22H25N3O3/c1-15(2)17-9-11-18(12-10-17)23-20(26)14-25-21(27)19(24-22(25)28)13-8-16-6-4-3-5-7-16/h3-7,9-12,15,19H,8,13-14H2,1-2H3,(H,23,26)(H,24,28)/t19-/m1/s1. The van der Waals surface area contributed by atoms with Gasteiger partial charge in [-0.05, 0) is 42.0 Å². The predicted molar refractivity (Wildman–Crippen MR) is 108 cm³/mol. The second-order valence-electron chi connectivity index (χ2n) is 7.28. The topological polar surface area (TPSA) is 78.5 Å². The normalized spacial score (nSPS) is 16.4. The molecule has 2 aromatic carbocycles. The third kappa shape index (κ3) is 4.76. The molecule has 28 heavy (non-hydrogen) atoms. The average Bonchev–Trinajstić information content (AvgIpc) is 2.95. The fourth-order valence-corrected chi connectivity index (χ4v) is 3.17. The fraction of sp³-hybridized carbons (Fsp3) is 0.318. The van der Waals surface area contributed by atoms with Crippen molar-refractivity contribution in [3.63, 3.8) is 0 Å². The Kier molecular flexibility index (Phi) is 6.09. The predicted octanol–water partition coefficient (Wildman–Crippen LogP) is 3.30. The Hall–Kier alpha value is -3.15. The first-order chi connectivity index (χ1) is 13.4. The SMILES string of the molecule is CC(C)c1ccc(NC(=O)CN2C(=O)N[C@H](CCc3ccccc3)C2=O)cc1. The highest BCUT2D eigenvalue weighted by Gasteiger charge is 2.38. The number of urea groups is 1. The molecule has 1 heterocycles. The maximum absolute atomic E-state index is 12.5. The van der Waals surface area contributed by atoms with Crippen LogP contribution in [0.5, 0.6) is 0 Å². The van der Waals surface area contributed by atoms with Gasteiger partial charge in [0, 0.05) is 5.69 Å². The number of carbonyl (C=O) groups excluding carboxylic acids is 3. The lowest BCUT2D eigenvalue weighted by Crippen LogP contribution is -2.38. The van der Waals surface area contributed by atoms with E-state index < -0.39 is 18.0 Å². The Morgan fingerprint density at radius 3 is 2.39 bits per heavy atom. The molecule has 0 aliphatic carbocycles. The zero-order chi connectivity index (χ0) is 20.1. The lowest BCUT2D eigenvalue weighted by Gasteiger charge is -2.13. The molecule has 0 saturated carbocycles. The summed E-state index contributed by atoms with van der Waals surface area (Å²) in [5, 5.41) is 5.41. The minimum absolute atomic E-state index is 0.293. The fourth-order valence-electron chi connectivity index (χ4n) is 3.17. The average molecular weight is 379 g/mol. The van der Waals surface area contributed by atoms with Crippen LogP contribution in [-0.2, 0) is 16.0 Å². The molecule has 0 spiro atoms. The second-order valence-corrected chi connectivity index (χ2v) is 7.28. The lowest BCUT2D eigenvalue weighted by molar-refractivity contribution is -0.130. The zero-order valence-corrected chi connectivity index (χ0v) is 16.1. The van der Waals surface area contributed by atoms with Crippen molar-refractivity contribution in [2.75, 3.05) is 11.9 Å². The Morgan fingerprint density at radius 1 is 1.07 bits per heavy atom. The zero-order valence-electron chi connectivity index (χ0n) is 16.1. The molecule has 0 unspecified atom stereocenters. The summed E-state index contributed by atoms with van der Waals surface area (Å²) in [5.74, 6) is -0.348. The van der Waals surface area contributed by atoms with Crippen LogP contribution in [0.2, 0.25) is 0 Å². The molecule has 1 saturated heterocycles. The molecular formula is C22H25N3O3. The van der Waals surface area contributed by atoms with Crippen molar-refractivity contribution in [1.29, 1.82) is 0 Å². The van der Waals surface area contributed by atoms with Crippen LogP contribution < -0.4 is 10.6 Å². The molecule has 4 amide bonds. The molecule has 146 valence electrons. The van der Waals surface area contributed by atoms with E-state index in [1.54, 1.807) is 0 Å². The van der Waals surface area contributed by atoms with E-state index in [9.17, 15) is 14.4 Å². The molecule has 1 fully saturated rings. The van der Waals surface area contributed by atoms with Crippen molar-refractivity contribution < 1.29 is 14.4 Å². The molecule has 1 aliphatic rings. The number of hydrogen-bond donors (Lipinski definition) is 2. The highest BCUT2D eigenvalue weighted by molar-refractivity contribution is 6.07. The van der Waals surface area contributed by atoms with Crippen LogP contribution in [0.4, 0.5) is 10.5 Å². The third-order valence-corrected chi connectivity index (χ3v) is 4.83. The van der Waals surface area contributed by atoms with Crippen LogP contribution in [0, 0.1) is 0 Å². The molecule has 0 radical (unpaired) electrons. The molecule has 1 atom stereocenters. The first-order valence-electron chi connectivity index (χ1n) is 9.49. The van der Waals surface area contributed by atoms with E-state index in [1.165, 1.54) is 5.56 Å². The van der Waals surface area contributed by atoms with Gasteiger partial charge in [0.1, 0.15) is 12.6 Å². The van der Waals surface area contributed by atoms with E-state index >= 15 is 0 Å². The number of carbonyl (C=O) groups is 3. The van der Waals surface area contributed by atoms with Gasteiger partial charge in [-0.15, -0.1) is 0 Å². The quantitative estimate of drug-likeness (QED) is 0.725. The summed E-state index contributed by atoms with van der Waals surface area (Å²) in [6, 6.07) is 16.2. The summed E-state index contributed by atoms with van der Waals surface area (Å²) in [6.45, 7) is 3.90. The monoisotopic (exact) mass is 379 g/mol. The molecule has 2 N–H and O–H groups in total. The van der Waals surface area contributed by atoms with Crippen LogP contribution in [0.1, 0.15) is 37.3 Å². The molecular weight excluding hydrogens is 354 g/mol. The van der Waals surface area contributed by atoms with Gasteiger partial charge in [0.05, 0.1) is 0 Å². The number of benzene rings is 2. The Bertz CT molecular complexity index is 847. The maximum atomic E-state index is 12.5. The van der Waals surface area contributed by atoms with E-state index in [4.69, 9.17) is 0 Å². The van der Waals surface area contributed by atoms with Gasteiger partial charge in [-0.3, -0.25) is 14.5 Å². The van der Waals surface area contributed by atoms with Crippen molar-refractivity contribution in [3.05, 3.63) is 65.7 Å². The summed E-state index contributed by atoms with van der Waals surface area (Å²) >= 11 is 0. The maximum Gasteiger partial charge on any atom is 0.325 e. The lowest BCUT2D eigenvalue weighted by atomic mass is 10.0. The van der Waals surface area contributed by atoms with E-state index in [1.807, 2.05) is 54.6 Å². The number of anilines is 1. The Labute approximate surface area is 164 Å². The molecule has 6 nitrogen and oxygen atoms in total. The molecule has 0 aromatic heterocycles. The third-order valence-electron chi connectivity index (χ3n) is 4.83. The first-order valence-corrected chi connectivity index (χ1v) is 9.49. The van der Waals surface area contributed by atoms with Crippen LogP contribution in [0.25, 0.3) is 0 Å². The van der Waals surface area contributed by atoms with Gasteiger partial charge in [0.2, 0.25) is 5.91 Å². The number of nitrogens with one attached hydrogen (secondary N) is 2. The van der Waals surface area contributed by atoms with Crippen molar-refractivity contribution in [2.24, 2.45) is 0 Å². The van der Waals surface area contributed by atoms with Crippen LogP contribution in [0.3, 0.4) is 0 Å². The number of imide groups is 1. The van der Waals surface area contributed by atoms with Gasteiger partial charge in [0.25, 0.3) is 5.91 Å². The van der Waals surface area contributed by atoms with E-state index in [0.29, 0.717) is 24.4 Å². The van der Waals surface area contributed by atoms with Crippen LogP contribution >= 0.6 is 0 Å². The summed E-state index contributed by atoms with van der Waals surface area (Å²) in [6.07, 6.45) is 1.18. The largest absolute Gasteiger partial charge is 0.326 e. The Balaban J connectivity index is 1.53. The van der Waals surface area contributed by atoms with Gasteiger partial charge in [-0.2, -0.15) is 0 Å². The number of aryl methyl sites for hydroxylation is 1. The number of rotatable bonds is 7. The van der Waals surface area contributed by atoms with Crippen molar-refractivity contribution in [3.8, 4) is 0 Å². The van der Waals surface area contributed by atoms with E-state index in [-0.39, 0.29) is 12.5 Å². The second kappa shape index (κ2) is 8.69. The minimum Gasteiger partial charge on any atom is -0.326 e. The van der Waals surface area contributed by atoms with Crippen molar-refractivity contribution >= 4 is 23.5 Å². The van der Waals surface area contributed by atoms with Crippen molar-refractivity contribution in [2.45, 2.75) is 38.6 Å². The number of hydrogen-bond acceptors (Lipinski definition) is 3. The van der Waals surface area contributed by atoms with Crippen LogP contribution in [0.15, 0.2) is 54.6 Å². The summed E-state index contributed by atoms with van der Waals surface area (Å²) in [5.41, 5.74) is 2.92. The van der Waals surface area contributed by atoms with Crippen molar-refractivity contribution in [1.82, 2.24) is 10.2 Å². The minimum atomic E-state index is -0.592. The van der Waals surface area contributed by atoms with Gasteiger partial charge >= 0.3 is 6.03 Å². The molecule has 2 aromatic rings. The first kappa shape index (κ1) is 19.6. The van der Waals surface area contributed by atoms with Gasteiger partial charge < -0.3 is 10.6 Å². The summed E-state index contributed by atoms with van der Waals surface area (Å²) < 4.78 is 0. The Morgan fingerprint density at radius 2 is 1.75 bits per heavy atom. The highest BCUT2D eigenvalue weighted by Crippen LogP contribution is 2.18. The summed E-state index contributed by atoms with van der Waals surface area (Å²) in [4.78, 5) is 37.9. The smallest absolute Gasteiger partial charge is 0.325 e. The van der Waals surface area contributed by atoms with Gasteiger partial charge in [-0.1, -0.05) is 56.3 Å². The van der Waals surface area contributed by atoms with Gasteiger partial charge in [0.15, 0.2) is 0 Å². The highest BCUT2D eigenvalue weighted by atomic mass is 16.2. The van der Waals surface area contributed by atoms with E-state index in [0.717, 1.165) is 10.5 Å². The van der Waals surface area contributed by atoms with Gasteiger partial charge in [-0.25, -0.2) is 4.79 Å². The molecule has 1 aliphatic heterocycles. The molecule has 0 bridgehead atoms. The van der Waals surface area contributed by atoms with Crippen LogP contribution in [-0.4, -0.2) is 35.3 Å². The van der Waals surface area contributed by atoms with E-state index in [2.05, 4.69) is 24.5 Å². The number of amides is 4. The molecule has 3 rings (SSSR count). The number of nitrogens with zero attached hydrogens (tertiary/aromatic N) is 1. The summed E-state index contributed by atoms with van der Waals surface area (Å²) in [7, 11) is 0. The molecule has 6 heteroatoms.